The molecule has 2 aromatic carbocycles. The van der Waals surface area contributed by atoms with Gasteiger partial charge < -0.3 is 26.0 Å². The molecule has 0 aliphatic rings. The number of rotatable bonds is 8. The molecule has 0 heterocycles. The van der Waals surface area contributed by atoms with E-state index >= 15 is 0 Å². The Hall–Kier alpha value is -2.57. The first-order valence-corrected chi connectivity index (χ1v) is 7.69. The quantitative estimate of drug-likeness (QED) is 0.588. The van der Waals surface area contributed by atoms with E-state index in [9.17, 15) is 15.0 Å². The second-order valence-corrected chi connectivity index (χ2v) is 5.59. The van der Waals surface area contributed by atoms with Gasteiger partial charge in [-0.05, 0) is 30.7 Å². The molecule has 2 aromatic rings. The zero-order valence-corrected chi connectivity index (χ0v) is 13.5. The predicted octanol–water partition coefficient (Wildman–Crippen LogP) is 1.58. The van der Waals surface area contributed by atoms with Crippen molar-refractivity contribution in [2.45, 2.75) is 19.1 Å². The van der Waals surface area contributed by atoms with Crippen LogP contribution in [0.5, 0.6) is 11.5 Å². The minimum atomic E-state index is -0.713. The summed E-state index contributed by atoms with van der Waals surface area (Å²) in [5, 5.41) is 22.8. The minimum absolute atomic E-state index is 0.0193. The van der Waals surface area contributed by atoms with Crippen LogP contribution in [0.2, 0.25) is 0 Å². The van der Waals surface area contributed by atoms with Gasteiger partial charge in [-0.25, -0.2) is 0 Å². The van der Waals surface area contributed by atoms with E-state index in [0.29, 0.717) is 18.9 Å². The molecule has 5 N–H and O–H groups in total. The van der Waals surface area contributed by atoms with Gasteiger partial charge >= 0.3 is 0 Å². The summed E-state index contributed by atoms with van der Waals surface area (Å²) >= 11 is 0. The third kappa shape index (κ3) is 4.97. The lowest BCUT2D eigenvalue weighted by atomic mass is 10.1. The van der Waals surface area contributed by atoms with Gasteiger partial charge in [-0.1, -0.05) is 30.3 Å². The Bertz CT molecular complexity index is 676. The van der Waals surface area contributed by atoms with Crippen LogP contribution in [0.4, 0.5) is 0 Å². The average molecular weight is 330 g/mol. The fraction of sp³-hybridized carbons (Fsp3) is 0.278. The first kappa shape index (κ1) is 17.8. The van der Waals surface area contributed by atoms with Gasteiger partial charge in [0, 0.05) is 12.6 Å². The number of aromatic hydroxyl groups is 1. The number of aliphatic hydroxyl groups excluding tert-OH is 1. The van der Waals surface area contributed by atoms with E-state index in [2.05, 4.69) is 5.32 Å². The predicted molar refractivity (Wildman–Crippen MR) is 91.0 cm³/mol. The summed E-state index contributed by atoms with van der Waals surface area (Å²) in [6, 6.07) is 13.7. The highest BCUT2D eigenvalue weighted by molar-refractivity contribution is 5.95. The molecule has 0 fully saturated rings. The number of nitrogens with one attached hydrogen (secondary N) is 1. The Balaban J connectivity index is 1.82. The number of amides is 1. The summed E-state index contributed by atoms with van der Waals surface area (Å²) in [6.07, 6.45) is -0.594. The van der Waals surface area contributed by atoms with Crippen LogP contribution in [0.15, 0.2) is 48.5 Å². The first-order valence-electron chi connectivity index (χ1n) is 7.69. The SMILES string of the molecule is C[C@@H](COc1ccc(O)c(C(N)=O)c1)NC[C@@H](O)c1ccccc1. The van der Waals surface area contributed by atoms with Gasteiger partial charge in [0.15, 0.2) is 0 Å². The van der Waals surface area contributed by atoms with E-state index in [1.807, 2.05) is 37.3 Å². The Labute approximate surface area is 140 Å². The van der Waals surface area contributed by atoms with Gasteiger partial charge in [0.1, 0.15) is 18.1 Å². The van der Waals surface area contributed by atoms with Gasteiger partial charge in [0.2, 0.25) is 0 Å². The summed E-state index contributed by atoms with van der Waals surface area (Å²) < 4.78 is 5.59. The van der Waals surface area contributed by atoms with E-state index in [0.717, 1.165) is 5.56 Å². The van der Waals surface area contributed by atoms with Crippen molar-refractivity contribution in [1.29, 1.82) is 0 Å². The van der Waals surface area contributed by atoms with E-state index in [1.54, 1.807) is 6.07 Å². The lowest BCUT2D eigenvalue weighted by Gasteiger charge is -2.18. The van der Waals surface area contributed by atoms with Gasteiger partial charge in [0.05, 0.1) is 11.7 Å². The normalized spacial score (nSPS) is 13.2. The zero-order valence-electron chi connectivity index (χ0n) is 13.5. The van der Waals surface area contributed by atoms with Crippen LogP contribution in [0.1, 0.15) is 28.9 Å². The second-order valence-electron chi connectivity index (χ2n) is 5.59. The summed E-state index contributed by atoms with van der Waals surface area (Å²) in [5.41, 5.74) is 6.05. The van der Waals surface area contributed by atoms with Gasteiger partial charge in [-0.2, -0.15) is 0 Å². The molecular weight excluding hydrogens is 308 g/mol. The summed E-state index contributed by atoms with van der Waals surface area (Å²) in [6.45, 7) is 2.66. The Morgan fingerprint density at radius 2 is 1.96 bits per heavy atom. The van der Waals surface area contributed by atoms with Crippen LogP contribution in [0.25, 0.3) is 0 Å². The van der Waals surface area contributed by atoms with Crippen molar-refractivity contribution in [3.05, 3.63) is 59.7 Å². The van der Waals surface area contributed by atoms with E-state index in [-0.39, 0.29) is 17.4 Å². The molecule has 0 aliphatic heterocycles. The number of aliphatic hydroxyl groups is 1. The molecule has 2 atom stereocenters. The molecule has 0 saturated carbocycles. The molecule has 0 aromatic heterocycles. The summed E-state index contributed by atoms with van der Waals surface area (Å²) in [4.78, 5) is 11.2. The maximum absolute atomic E-state index is 11.2. The third-order valence-corrected chi connectivity index (χ3v) is 3.58. The van der Waals surface area contributed by atoms with Crippen LogP contribution in [0, 0.1) is 0 Å². The number of nitrogens with two attached hydrogens (primary N) is 1. The van der Waals surface area contributed by atoms with E-state index in [4.69, 9.17) is 10.5 Å². The molecule has 0 spiro atoms. The molecule has 0 aliphatic carbocycles. The maximum Gasteiger partial charge on any atom is 0.252 e. The molecule has 0 saturated heterocycles. The molecular formula is C18H22N2O4. The van der Waals surface area contributed by atoms with Crippen molar-refractivity contribution in [2.24, 2.45) is 5.73 Å². The molecule has 128 valence electrons. The number of primary amides is 1. The number of ether oxygens (including phenoxy) is 1. The minimum Gasteiger partial charge on any atom is -0.507 e. The van der Waals surface area contributed by atoms with Crippen molar-refractivity contribution >= 4 is 5.91 Å². The van der Waals surface area contributed by atoms with Crippen molar-refractivity contribution in [3.8, 4) is 11.5 Å². The molecule has 6 nitrogen and oxygen atoms in total. The molecule has 0 bridgehead atoms. The molecule has 0 unspecified atom stereocenters. The molecule has 0 radical (unpaired) electrons. The largest absolute Gasteiger partial charge is 0.507 e. The number of carbonyl (C=O) groups is 1. The number of hydrogen-bond acceptors (Lipinski definition) is 5. The maximum atomic E-state index is 11.2. The van der Waals surface area contributed by atoms with Gasteiger partial charge in [-0.3, -0.25) is 4.79 Å². The highest BCUT2D eigenvalue weighted by Gasteiger charge is 2.11. The zero-order chi connectivity index (χ0) is 17.5. The lowest BCUT2D eigenvalue weighted by molar-refractivity contribution is 0.0997. The fourth-order valence-electron chi connectivity index (χ4n) is 2.19. The molecule has 2 rings (SSSR count). The standard InChI is InChI=1S/C18H22N2O4/c1-12(20-10-17(22)13-5-3-2-4-6-13)11-24-14-7-8-16(21)15(9-14)18(19)23/h2-9,12,17,20-22H,10-11H2,1H3,(H2,19,23)/t12-,17+/m0/s1. The summed E-state index contributed by atoms with van der Waals surface area (Å²) in [7, 11) is 0. The number of benzene rings is 2. The van der Waals surface area contributed by atoms with Crippen molar-refractivity contribution in [2.75, 3.05) is 13.2 Å². The van der Waals surface area contributed by atoms with Crippen molar-refractivity contribution < 1.29 is 19.7 Å². The Morgan fingerprint density at radius 1 is 1.25 bits per heavy atom. The fourth-order valence-corrected chi connectivity index (χ4v) is 2.19. The van der Waals surface area contributed by atoms with Gasteiger partial charge in [0.25, 0.3) is 5.91 Å². The summed E-state index contributed by atoms with van der Waals surface area (Å²) in [5.74, 6) is -0.444. The van der Waals surface area contributed by atoms with Crippen LogP contribution < -0.4 is 15.8 Å². The average Bonchev–Trinajstić information content (AvgIpc) is 2.59. The molecule has 1 amide bonds. The van der Waals surface area contributed by atoms with Crippen LogP contribution in [-0.2, 0) is 0 Å². The Morgan fingerprint density at radius 3 is 2.62 bits per heavy atom. The van der Waals surface area contributed by atoms with E-state index < -0.39 is 12.0 Å². The van der Waals surface area contributed by atoms with Crippen molar-refractivity contribution in [1.82, 2.24) is 5.32 Å². The van der Waals surface area contributed by atoms with Crippen LogP contribution >= 0.6 is 0 Å². The first-order chi connectivity index (χ1) is 11.5. The number of hydrogen-bond donors (Lipinski definition) is 4. The Kier molecular flexibility index (Phi) is 6.17. The number of phenols is 1. The van der Waals surface area contributed by atoms with E-state index in [1.165, 1.54) is 12.1 Å². The molecule has 6 heteroatoms. The lowest BCUT2D eigenvalue weighted by Crippen LogP contribution is -2.34. The third-order valence-electron chi connectivity index (χ3n) is 3.58. The highest BCUT2D eigenvalue weighted by Crippen LogP contribution is 2.22. The number of carbonyl (C=O) groups excluding carboxylic acids is 1. The van der Waals surface area contributed by atoms with Crippen molar-refractivity contribution in [3.63, 3.8) is 0 Å². The van der Waals surface area contributed by atoms with Gasteiger partial charge in [-0.15, -0.1) is 0 Å². The molecule has 24 heavy (non-hydrogen) atoms. The van der Waals surface area contributed by atoms with Crippen LogP contribution in [-0.4, -0.2) is 35.3 Å². The second kappa shape index (κ2) is 8.33. The highest BCUT2D eigenvalue weighted by atomic mass is 16.5. The smallest absolute Gasteiger partial charge is 0.252 e. The topological polar surface area (TPSA) is 105 Å². The monoisotopic (exact) mass is 330 g/mol. The van der Waals surface area contributed by atoms with Crippen LogP contribution in [0.3, 0.4) is 0 Å².